The van der Waals surface area contributed by atoms with Crippen LogP contribution in [0.2, 0.25) is 0 Å². The third-order valence-corrected chi connectivity index (χ3v) is 8.29. The zero-order chi connectivity index (χ0) is 28.6. The number of aryl methyl sites for hydroxylation is 1. The van der Waals surface area contributed by atoms with Crippen LogP contribution in [0.25, 0.3) is 28.1 Å². The zero-order valence-electron chi connectivity index (χ0n) is 23.1. The van der Waals surface area contributed by atoms with Crippen LogP contribution in [0.15, 0.2) is 59.8 Å². The molecule has 214 valence electrons. The smallest absolute Gasteiger partial charge is 0.330 e. The van der Waals surface area contributed by atoms with E-state index >= 15 is 0 Å². The van der Waals surface area contributed by atoms with Gasteiger partial charge in [-0.1, -0.05) is 24.3 Å². The fourth-order valence-electron chi connectivity index (χ4n) is 6.19. The van der Waals surface area contributed by atoms with Gasteiger partial charge in [0.1, 0.15) is 11.8 Å². The lowest BCUT2D eigenvalue weighted by atomic mass is 9.85. The van der Waals surface area contributed by atoms with E-state index in [9.17, 15) is 15.2 Å². The monoisotopic (exact) mass is 565 g/mol. The number of nitrogens with zero attached hydrogens (tertiary/aromatic N) is 7. The number of aromatic nitrogens is 6. The van der Waals surface area contributed by atoms with E-state index in [-0.39, 0.29) is 18.0 Å². The minimum Gasteiger partial charge on any atom is -0.388 e. The van der Waals surface area contributed by atoms with Gasteiger partial charge in [0.2, 0.25) is 5.95 Å². The van der Waals surface area contributed by atoms with Gasteiger partial charge in [-0.3, -0.25) is 13.7 Å². The van der Waals surface area contributed by atoms with Crippen molar-refractivity contribution in [1.29, 1.82) is 5.26 Å². The van der Waals surface area contributed by atoms with Crippen LogP contribution in [0.3, 0.4) is 0 Å². The Hall–Kier alpha value is -4.37. The number of aliphatic hydroxyl groups is 1. The number of benzene rings is 2. The van der Waals surface area contributed by atoms with Crippen molar-refractivity contribution < 1.29 is 14.6 Å². The van der Waals surface area contributed by atoms with Gasteiger partial charge in [0.25, 0.3) is 0 Å². The molecule has 7 rings (SSSR count). The molecule has 42 heavy (non-hydrogen) atoms. The topological polar surface area (TPSA) is 133 Å². The summed E-state index contributed by atoms with van der Waals surface area (Å²) in [6.07, 6.45) is 7.37. The second-order valence-electron chi connectivity index (χ2n) is 10.9. The van der Waals surface area contributed by atoms with E-state index in [0.717, 1.165) is 37.0 Å². The fraction of sp³-hybridized carbons (Fsp3) is 0.387. The number of aliphatic hydroxyl groups excluding tert-OH is 1. The van der Waals surface area contributed by atoms with Crippen LogP contribution in [0.4, 0.5) is 0 Å². The second kappa shape index (κ2) is 11.1. The van der Waals surface area contributed by atoms with Crippen LogP contribution in [0.1, 0.15) is 67.4 Å². The predicted octanol–water partition coefficient (Wildman–Crippen LogP) is 4.15. The van der Waals surface area contributed by atoms with Crippen LogP contribution in [-0.4, -0.2) is 53.3 Å². The summed E-state index contributed by atoms with van der Waals surface area (Å²) in [5.41, 5.74) is 4.64. The number of fused-ring (bicyclic) bond motifs is 3. The lowest BCUT2D eigenvalue weighted by Crippen LogP contribution is -2.31. The molecule has 0 amide bonds. The van der Waals surface area contributed by atoms with Crippen molar-refractivity contribution in [3.63, 3.8) is 0 Å². The van der Waals surface area contributed by atoms with E-state index < -0.39 is 6.10 Å². The summed E-state index contributed by atoms with van der Waals surface area (Å²) < 4.78 is 16.8. The van der Waals surface area contributed by atoms with E-state index in [4.69, 9.17) is 14.5 Å². The molecule has 0 radical (unpaired) electrons. The number of imidazole rings is 2. The molecule has 5 aromatic rings. The molecule has 0 bridgehead atoms. The van der Waals surface area contributed by atoms with Crippen LogP contribution in [0.5, 0.6) is 0 Å². The number of hydrogen-bond donors (Lipinski definition) is 1. The van der Waals surface area contributed by atoms with Gasteiger partial charge in [-0.05, 0) is 67.9 Å². The molecule has 2 aliphatic rings. The molecule has 0 saturated carbocycles. The van der Waals surface area contributed by atoms with Crippen molar-refractivity contribution in [1.82, 2.24) is 28.7 Å². The Morgan fingerprint density at radius 1 is 1.07 bits per heavy atom. The Morgan fingerprint density at radius 2 is 1.95 bits per heavy atom. The molecule has 4 heterocycles. The third kappa shape index (κ3) is 4.67. The molecule has 1 N–H and O–H groups in total. The highest BCUT2D eigenvalue weighted by Gasteiger charge is 2.31. The van der Waals surface area contributed by atoms with Crippen molar-refractivity contribution in [2.45, 2.75) is 63.5 Å². The summed E-state index contributed by atoms with van der Waals surface area (Å²) in [5.74, 6) is 0.355. The van der Waals surface area contributed by atoms with Crippen molar-refractivity contribution in [2.75, 3.05) is 13.2 Å². The third-order valence-electron chi connectivity index (χ3n) is 8.29. The van der Waals surface area contributed by atoms with Gasteiger partial charge in [-0.15, -0.1) is 0 Å². The molecule has 2 aromatic carbocycles. The number of hydrogen-bond acceptors (Lipinski definition) is 8. The van der Waals surface area contributed by atoms with Crippen molar-refractivity contribution in [3.8, 4) is 12.0 Å². The minimum atomic E-state index is -0.572. The average molecular weight is 566 g/mol. The maximum Gasteiger partial charge on any atom is 0.330 e. The molecule has 11 heteroatoms. The summed E-state index contributed by atoms with van der Waals surface area (Å²) in [6.45, 7) is 1.64. The van der Waals surface area contributed by atoms with Crippen molar-refractivity contribution >= 4 is 22.2 Å². The Bertz CT molecular complexity index is 1860. The second-order valence-corrected chi connectivity index (χ2v) is 10.9. The van der Waals surface area contributed by atoms with Gasteiger partial charge >= 0.3 is 5.69 Å². The molecule has 1 aliphatic heterocycles. The van der Waals surface area contributed by atoms with Crippen molar-refractivity contribution in [2.24, 2.45) is 0 Å². The van der Waals surface area contributed by atoms with Crippen LogP contribution >= 0.6 is 0 Å². The SMILES string of the molecule is N#Cc1ccc2ncn(-c3ncc4c(n3)n([C@@H]3CC[C@@H](O)c5ccccc53)c(=O)n4CCCOC3CCCCO3)c2c1. The molecular formula is C31H31N7O4. The van der Waals surface area contributed by atoms with Gasteiger partial charge < -0.3 is 14.6 Å². The maximum absolute atomic E-state index is 14.1. The molecule has 0 spiro atoms. The summed E-state index contributed by atoms with van der Waals surface area (Å²) in [4.78, 5) is 28.2. The minimum absolute atomic E-state index is 0.177. The largest absolute Gasteiger partial charge is 0.388 e. The van der Waals surface area contributed by atoms with Gasteiger partial charge in [-0.2, -0.15) is 10.2 Å². The molecule has 1 aliphatic carbocycles. The highest BCUT2D eigenvalue weighted by Crippen LogP contribution is 2.38. The lowest BCUT2D eigenvalue weighted by molar-refractivity contribution is -0.163. The first kappa shape index (κ1) is 26.5. The number of ether oxygens (including phenoxy) is 2. The van der Waals surface area contributed by atoms with E-state index in [1.165, 1.54) is 0 Å². The highest BCUT2D eigenvalue weighted by atomic mass is 16.7. The number of nitriles is 1. The summed E-state index contributed by atoms with van der Waals surface area (Å²) in [6, 6.07) is 14.9. The van der Waals surface area contributed by atoms with Crippen LogP contribution in [-0.2, 0) is 16.0 Å². The predicted molar refractivity (Wildman–Crippen MR) is 154 cm³/mol. The average Bonchev–Trinajstić information content (AvgIpc) is 3.57. The van der Waals surface area contributed by atoms with E-state index in [1.807, 2.05) is 24.3 Å². The zero-order valence-corrected chi connectivity index (χ0v) is 23.1. The molecule has 3 aromatic heterocycles. The lowest BCUT2D eigenvalue weighted by Gasteiger charge is -2.29. The first-order valence-corrected chi connectivity index (χ1v) is 14.5. The normalized spacial score (nSPS) is 20.5. The van der Waals surface area contributed by atoms with Crippen molar-refractivity contribution in [3.05, 3.63) is 82.2 Å². The quantitative estimate of drug-likeness (QED) is 0.291. The van der Waals surface area contributed by atoms with E-state index in [2.05, 4.69) is 16.0 Å². The Kier molecular flexibility index (Phi) is 7.03. The first-order valence-electron chi connectivity index (χ1n) is 14.5. The van der Waals surface area contributed by atoms with Gasteiger partial charge in [0.15, 0.2) is 11.9 Å². The van der Waals surface area contributed by atoms with Crippen LogP contribution < -0.4 is 5.69 Å². The van der Waals surface area contributed by atoms with Gasteiger partial charge in [0, 0.05) is 13.2 Å². The Balaban J connectivity index is 1.31. The Labute approximate surface area is 241 Å². The Morgan fingerprint density at radius 3 is 2.79 bits per heavy atom. The summed E-state index contributed by atoms with van der Waals surface area (Å²) in [7, 11) is 0. The standard InChI is InChI=1S/C31H31N7O4/c32-17-20-9-10-23-25(16-20)37(19-34-23)30-33-18-26-29(35-30)38(24-11-12-27(39)22-7-2-1-6-21(22)24)31(40)36(26)13-5-15-42-28-8-3-4-14-41-28/h1-2,6-7,9-10,16,18-19,24,27-28,39H,3-5,8,11-15H2/t24-,27-,28?/m1/s1. The van der Waals surface area contributed by atoms with E-state index in [0.29, 0.717) is 66.1 Å². The molecule has 1 saturated heterocycles. The molecular weight excluding hydrogens is 534 g/mol. The molecule has 11 nitrogen and oxygen atoms in total. The molecule has 1 unspecified atom stereocenters. The van der Waals surface area contributed by atoms with Crippen LogP contribution in [0, 0.1) is 11.3 Å². The van der Waals surface area contributed by atoms with Gasteiger partial charge in [-0.25, -0.2) is 14.8 Å². The summed E-state index contributed by atoms with van der Waals surface area (Å²) >= 11 is 0. The fourth-order valence-corrected chi connectivity index (χ4v) is 6.19. The van der Waals surface area contributed by atoms with E-state index in [1.54, 1.807) is 44.4 Å². The molecule has 1 fully saturated rings. The number of rotatable bonds is 7. The molecule has 3 atom stereocenters. The highest BCUT2D eigenvalue weighted by molar-refractivity contribution is 5.79. The van der Waals surface area contributed by atoms with Gasteiger partial charge in [0.05, 0.1) is 47.6 Å². The first-order chi connectivity index (χ1) is 20.6. The maximum atomic E-state index is 14.1. The summed E-state index contributed by atoms with van der Waals surface area (Å²) in [5, 5.41) is 20.1.